The Balaban J connectivity index is 0.00000312. The normalized spacial score (nSPS) is 18.0. The second kappa shape index (κ2) is 12.7. The van der Waals surface area contributed by atoms with Crippen molar-refractivity contribution in [1.82, 2.24) is 20.5 Å². The predicted octanol–water partition coefficient (Wildman–Crippen LogP) is 3.18. The van der Waals surface area contributed by atoms with Gasteiger partial charge in [-0.1, -0.05) is 24.6 Å². The molecule has 1 atom stereocenters. The van der Waals surface area contributed by atoms with Crippen LogP contribution in [0.5, 0.6) is 0 Å². The number of likely N-dealkylation sites (tertiary alicyclic amines) is 1. The lowest BCUT2D eigenvalue weighted by Gasteiger charge is -2.15. The Morgan fingerprint density at radius 3 is 2.88 bits per heavy atom. The summed E-state index contributed by atoms with van der Waals surface area (Å²) in [5, 5.41) is 7.27. The molecule has 5 nitrogen and oxygen atoms in total. The zero-order valence-corrected chi connectivity index (χ0v) is 18.4. The van der Waals surface area contributed by atoms with Crippen molar-refractivity contribution in [3.05, 3.63) is 29.0 Å². The number of hydrogen-bond donors (Lipinski definition) is 2. The number of nitrogens with zero attached hydrogens (tertiary/aromatic N) is 3. The summed E-state index contributed by atoms with van der Waals surface area (Å²) < 4.78 is 0. The van der Waals surface area contributed by atoms with Crippen molar-refractivity contribution in [2.45, 2.75) is 33.1 Å². The Morgan fingerprint density at radius 1 is 1.36 bits per heavy atom. The largest absolute Gasteiger partial charge is 0.357 e. The fourth-order valence-corrected chi connectivity index (χ4v) is 3.13. The van der Waals surface area contributed by atoms with Gasteiger partial charge in [-0.3, -0.25) is 4.99 Å². The summed E-state index contributed by atoms with van der Waals surface area (Å²) >= 11 is 5.81. The Morgan fingerprint density at radius 2 is 2.20 bits per heavy atom. The molecule has 0 aromatic carbocycles. The zero-order chi connectivity index (χ0) is 17.2. The van der Waals surface area contributed by atoms with Crippen molar-refractivity contribution in [2.24, 2.45) is 10.9 Å². The Labute approximate surface area is 174 Å². The lowest BCUT2D eigenvalue weighted by atomic mass is 10.1. The van der Waals surface area contributed by atoms with Gasteiger partial charge in [-0.05, 0) is 56.8 Å². The minimum absolute atomic E-state index is 0. The number of pyridine rings is 1. The molecule has 1 fully saturated rings. The van der Waals surface area contributed by atoms with E-state index in [0.29, 0.717) is 11.1 Å². The highest BCUT2D eigenvalue weighted by Gasteiger charge is 2.21. The minimum Gasteiger partial charge on any atom is -0.357 e. The fraction of sp³-hybridized carbons (Fsp3) is 0.667. The van der Waals surface area contributed by atoms with Gasteiger partial charge in [-0.2, -0.15) is 0 Å². The predicted molar refractivity (Wildman–Crippen MR) is 117 cm³/mol. The van der Waals surface area contributed by atoms with Crippen LogP contribution in [0, 0.1) is 5.92 Å². The molecule has 7 heteroatoms. The van der Waals surface area contributed by atoms with Gasteiger partial charge in [-0.25, -0.2) is 4.98 Å². The number of aliphatic imine (C=N–C) groups is 1. The summed E-state index contributed by atoms with van der Waals surface area (Å²) in [4.78, 5) is 11.4. The second-order valence-corrected chi connectivity index (χ2v) is 6.73. The van der Waals surface area contributed by atoms with Crippen LogP contribution in [-0.4, -0.2) is 55.1 Å². The van der Waals surface area contributed by atoms with Crippen LogP contribution < -0.4 is 10.6 Å². The highest BCUT2D eigenvalue weighted by molar-refractivity contribution is 14.0. The summed E-state index contributed by atoms with van der Waals surface area (Å²) in [7, 11) is 0. The molecule has 0 bridgehead atoms. The van der Waals surface area contributed by atoms with E-state index in [2.05, 4.69) is 34.4 Å². The van der Waals surface area contributed by atoms with Crippen molar-refractivity contribution in [3.8, 4) is 0 Å². The maximum absolute atomic E-state index is 5.81. The first kappa shape index (κ1) is 22.4. The van der Waals surface area contributed by atoms with Gasteiger partial charge < -0.3 is 15.5 Å². The fourth-order valence-electron chi connectivity index (χ4n) is 3.02. The van der Waals surface area contributed by atoms with E-state index in [1.165, 1.54) is 38.0 Å². The number of nitrogens with one attached hydrogen (secondary N) is 2. The third-order valence-corrected chi connectivity index (χ3v) is 4.48. The van der Waals surface area contributed by atoms with E-state index in [4.69, 9.17) is 16.6 Å². The first-order chi connectivity index (χ1) is 11.7. The second-order valence-electron chi connectivity index (χ2n) is 6.34. The molecule has 0 aliphatic carbocycles. The molecule has 142 valence electrons. The van der Waals surface area contributed by atoms with Gasteiger partial charge in [0.05, 0.1) is 0 Å². The molecule has 0 radical (unpaired) electrons. The number of halogens is 2. The number of rotatable bonds is 8. The van der Waals surface area contributed by atoms with E-state index in [0.717, 1.165) is 32.0 Å². The Kier molecular flexibility index (Phi) is 11.4. The van der Waals surface area contributed by atoms with Gasteiger partial charge in [-0.15, -0.1) is 24.0 Å². The van der Waals surface area contributed by atoms with E-state index in [1.807, 2.05) is 18.3 Å². The average molecular weight is 480 g/mol. The van der Waals surface area contributed by atoms with Gasteiger partial charge in [0, 0.05) is 32.4 Å². The SMILES string of the molecule is CCCN1CCC(CN=C(NCC)NCCc2ccc(Cl)nc2)C1.I. The first-order valence-corrected chi connectivity index (χ1v) is 9.44. The van der Waals surface area contributed by atoms with Crippen LogP contribution in [0.2, 0.25) is 5.15 Å². The van der Waals surface area contributed by atoms with E-state index in [1.54, 1.807) is 0 Å². The monoisotopic (exact) mass is 479 g/mol. The van der Waals surface area contributed by atoms with Crippen molar-refractivity contribution < 1.29 is 0 Å². The van der Waals surface area contributed by atoms with Crippen LogP contribution in [0.25, 0.3) is 0 Å². The quantitative estimate of drug-likeness (QED) is 0.260. The lowest BCUT2D eigenvalue weighted by molar-refractivity contribution is 0.326. The van der Waals surface area contributed by atoms with Gasteiger partial charge in [0.15, 0.2) is 5.96 Å². The third kappa shape index (κ3) is 8.55. The summed E-state index contributed by atoms with van der Waals surface area (Å²) in [6, 6.07) is 3.85. The van der Waals surface area contributed by atoms with Gasteiger partial charge in [0.1, 0.15) is 5.15 Å². The standard InChI is InChI=1S/C18H30ClN5.HI/c1-3-10-24-11-8-16(14-24)13-23-18(20-4-2)21-9-7-15-5-6-17(19)22-12-15;/h5-6,12,16H,3-4,7-11,13-14H2,1-2H3,(H2,20,21,23);1H. The molecule has 0 spiro atoms. The molecule has 1 aromatic heterocycles. The van der Waals surface area contributed by atoms with Crippen molar-refractivity contribution in [2.75, 3.05) is 39.3 Å². The lowest BCUT2D eigenvalue weighted by Crippen LogP contribution is -2.38. The van der Waals surface area contributed by atoms with Crippen molar-refractivity contribution >= 4 is 41.5 Å². The smallest absolute Gasteiger partial charge is 0.191 e. The molecule has 0 saturated carbocycles. The molecular formula is C18H31ClIN5. The molecule has 1 aromatic rings. The maximum atomic E-state index is 5.81. The maximum Gasteiger partial charge on any atom is 0.191 e. The highest BCUT2D eigenvalue weighted by atomic mass is 127. The molecule has 1 saturated heterocycles. The first-order valence-electron chi connectivity index (χ1n) is 9.06. The molecule has 1 unspecified atom stereocenters. The van der Waals surface area contributed by atoms with Crippen LogP contribution in [0.3, 0.4) is 0 Å². The molecule has 0 amide bonds. The van der Waals surface area contributed by atoms with Gasteiger partial charge >= 0.3 is 0 Å². The average Bonchev–Trinajstić information content (AvgIpc) is 3.02. The van der Waals surface area contributed by atoms with Crippen molar-refractivity contribution in [1.29, 1.82) is 0 Å². The van der Waals surface area contributed by atoms with Gasteiger partial charge in [0.25, 0.3) is 0 Å². The summed E-state index contributed by atoms with van der Waals surface area (Å²) in [6.07, 6.45) is 5.23. The van der Waals surface area contributed by atoms with Crippen LogP contribution in [-0.2, 0) is 6.42 Å². The highest BCUT2D eigenvalue weighted by Crippen LogP contribution is 2.16. The van der Waals surface area contributed by atoms with Crippen LogP contribution in [0.1, 0.15) is 32.3 Å². The summed E-state index contributed by atoms with van der Waals surface area (Å²) in [5.74, 6) is 1.60. The third-order valence-electron chi connectivity index (χ3n) is 4.26. The van der Waals surface area contributed by atoms with E-state index < -0.39 is 0 Å². The Hall–Kier alpha value is -0.600. The topological polar surface area (TPSA) is 52.5 Å². The number of hydrogen-bond acceptors (Lipinski definition) is 3. The van der Waals surface area contributed by atoms with Gasteiger partial charge in [0.2, 0.25) is 0 Å². The molecular weight excluding hydrogens is 449 g/mol. The Bertz CT molecular complexity index is 509. The van der Waals surface area contributed by atoms with E-state index >= 15 is 0 Å². The molecule has 1 aliphatic heterocycles. The minimum atomic E-state index is 0. The van der Waals surface area contributed by atoms with E-state index in [9.17, 15) is 0 Å². The van der Waals surface area contributed by atoms with Crippen LogP contribution in [0.15, 0.2) is 23.3 Å². The van der Waals surface area contributed by atoms with Crippen molar-refractivity contribution in [3.63, 3.8) is 0 Å². The summed E-state index contributed by atoms with van der Waals surface area (Å²) in [5.41, 5.74) is 1.17. The molecule has 1 aliphatic rings. The molecule has 2 rings (SSSR count). The molecule has 2 heterocycles. The van der Waals surface area contributed by atoms with Crippen LogP contribution >= 0.6 is 35.6 Å². The summed E-state index contributed by atoms with van der Waals surface area (Å²) in [6.45, 7) is 10.6. The number of guanidine groups is 1. The zero-order valence-electron chi connectivity index (χ0n) is 15.3. The number of aromatic nitrogens is 1. The molecule has 2 N–H and O–H groups in total. The van der Waals surface area contributed by atoms with Crippen LogP contribution in [0.4, 0.5) is 0 Å². The van der Waals surface area contributed by atoms with E-state index in [-0.39, 0.29) is 24.0 Å². The molecule has 25 heavy (non-hydrogen) atoms.